The summed E-state index contributed by atoms with van der Waals surface area (Å²) < 4.78 is 1.66. The maximum absolute atomic E-state index is 10.3. The van der Waals surface area contributed by atoms with Gasteiger partial charge in [-0.2, -0.15) is 0 Å². The molecular weight excluding hydrogens is 309 g/mol. The third-order valence-corrected chi connectivity index (χ3v) is 2.34. The average molecular weight is 312 g/mol. The molecule has 0 amide bonds. The fourth-order valence-electron chi connectivity index (χ4n) is 0.505. The van der Waals surface area contributed by atoms with E-state index < -0.39 is 0 Å². The van der Waals surface area contributed by atoms with Crippen LogP contribution in [0.15, 0.2) is 16.9 Å². The molecule has 0 bridgehead atoms. The summed E-state index contributed by atoms with van der Waals surface area (Å²) in [5.41, 5.74) is 0.629. The predicted molar refractivity (Wildman–Crippen MR) is 50.0 cm³/mol. The molecule has 52 valence electrons. The summed E-state index contributed by atoms with van der Waals surface area (Å²) in [5, 5.41) is 0. The van der Waals surface area contributed by atoms with Gasteiger partial charge in [-0.15, -0.1) is 0 Å². The Balaban J connectivity index is 3.19. The quantitative estimate of drug-likeness (QED) is 0.452. The molecule has 0 unspecified atom stereocenters. The lowest BCUT2D eigenvalue weighted by molar-refractivity contribution is 0.112. The van der Waals surface area contributed by atoms with Gasteiger partial charge in [0.2, 0.25) is 0 Å². The fourth-order valence-corrected chi connectivity index (χ4v) is 1.83. The summed E-state index contributed by atoms with van der Waals surface area (Å²) in [6.45, 7) is 0. The molecule has 0 radical (unpaired) electrons. The van der Waals surface area contributed by atoms with Crippen molar-refractivity contribution < 1.29 is 4.79 Å². The third kappa shape index (κ3) is 1.76. The average Bonchev–Trinajstić information content (AvgIpc) is 1.88. The van der Waals surface area contributed by atoms with Crippen LogP contribution in [0.1, 0.15) is 10.4 Å². The fraction of sp³-hybridized carbons (Fsp3) is 0. The molecule has 4 heteroatoms. The van der Waals surface area contributed by atoms with Crippen molar-refractivity contribution in [2.75, 3.05) is 0 Å². The van der Waals surface area contributed by atoms with Crippen LogP contribution in [0.5, 0.6) is 0 Å². The van der Waals surface area contributed by atoms with Crippen LogP contribution < -0.4 is 0 Å². The van der Waals surface area contributed by atoms with E-state index in [1.807, 2.05) is 0 Å². The topological polar surface area (TPSA) is 30.0 Å². The first-order chi connectivity index (χ1) is 4.74. The molecule has 0 N–H and O–H groups in total. The third-order valence-electron chi connectivity index (χ3n) is 0.976. The number of halogens is 2. The molecule has 0 aliphatic carbocycles. The van der Waals surface area contributed by atoms with E-state index >= 15 is 0 Å². The maximum atomic E-state index is 10.3. The number of aldehydes is 1. The Bertz CT molecular complexity index is 264. The normalized spacial score (nSPS) is 9.40. The zero-order chi connectivity index (χ0) is 7.56. The Kier molecular flexibility index (Phi) is 2.79. The Hall–Kier alpha value is 0.0300. The number of nitrogens with zero attached hydrogens (tertiary/aromatic N) is 1. The minimum Gasteiger partial charge on any atom is -0.298 e. The van der Waals surface area contributed by atoms with Crippen LogP contribution in [-0.2, 0) is 0 Å². The van der Waals surface area contributed by atoms with E-state index in [-0.39, 0.29) is 0 Å². The standard InChI is InChI=1S/C6H3BrINO/c7-6-1-5(8)4(3-10)2-9-6/h1-3H. The second-order valence-corrected chi connectivity index (χ2v) is 3.62. The molecule has 0 aliphatic heterocycles. The number of hydrogen-bond acceptors (Lipinski definition) is 2. The molecule has 1 aromatic heterocycles. The zero-order valence-corrected chi connectivity index (χ0v) is 8.59. The molecule has 0 fully saturated rings. The largest absolute Gasteiger partial charge is 0.298 e. The van der Waals surface area contributed by atoms with Crippen LogP contribution in [0.3, 0.4) is 0 Å². The van der Waals surface area contributed by atoms with Gasteiger partial charge in [0, 0.05) is 15.3 Å². The van der Waals surface area contributed by atoms with Crippen molar-refractivity contribution >= 4 is 44.8 Å². The van der Waals surface area contributed by atoms with Crippen LogP contribution in [0, 0.1) is 3.57 Å². The van der Waals surface area contributed by atoms with Crippen molar-refractivity contribution in [1.29, 1.82) is 0 Å². The van der Waals surface area contributed by atoms with Gasteiger partial charge >= 0.3 is 0 Å². The first-order valence-electron chi connectivity index (χ1n) is 2.50. The summed E-state index contributed by atoms with van der Waals surface area (Å²) in [5.74, 6) is 0. The van der Waals surface area contributed by atoms with Crippen LogP contribution in [0.2, 0.25) is 0 Å². The van der Waals surface area contributed by atoms with Gasteiger partial charge in [0.05, 0.1) is 0 Å². The number of aromatic nitrogens is 1. The second kappa shape index (κ2) is 3.43. The molecule has 0 saturated heterocycles. The van der Waals surface area contributed by atoms with Crippen LogP contribution in [0.4, 0.5) is 0 Å². The summed E-state index contributed by atoms with van der Waals surface area (Å²) in [7, 11) is 0. The van der Waals surface area contributed by atoms with E-state index in [2.05, 4.69) is 43.5 Å². The summed E-state index contributed by atoms with van der Waals surface area (Å²) >= 11 is 5.28. The molecule has 1 heterocycles. The Morgan fingerprint density at radius 1 is 1.70 bits per heavy atom. The highest BCUT2D eigenvalue weighted by Gasteiger charge is 1.97. The Morgan fingerprint density at radius 2 is 2.40 bits per heavy atom. The van der Waals surface area contributed by atoms with Crippen LogP contribution >= 0.6 is 38.5 Å². The molecule has 0 aromatic carbocycles. The van der Waals surface area contributed by atoms with Gasteiger partial charge in [0.1, 0.15) is 4.60 Å². The van der Waals surface area contributed by atoms with E-state index in [1.54, 1.807) is 12.3 Å². The van der Waals surface area contributed by atoms with Crippen molar-refractivity contribution in [3.63, 3.8) is 0 Å². The monoisotopic (exact) mass is 311 g/mol. The molecule has 0 atom stereocenters. The summed E-state index contributed by atoms with van der Waals surface area (Å²) in [4.78, 5) is 14.2. The lowest BCUT2D eigenvalue weighted by Crippen LogP contribution is -1.87. The molecule has 0 saturated carbocycles. The van der Waals surface area contributed by atoms with Gasteiger partial charge in [-0.1, -0.05) is 0 Å². The predicted octanol–water partition coefficient (Wildman–Crippen LogP) is 2.26. The van der Waals surface area contributed by atoms with Gasteiger partial charge in [-0.25, -0.2) is 4.98 Å². The highest BCUT2D eigenvalue weighted by Crippen LogP contribution is 2.13. The lowest BCUT2D eigenvalue weighted by Gasteiger charge is -1.93. The van der Waals surface area contributed by atoms with Gasteiger partial charge in [-0.3, -0.25) is 4.79 Å². The molecule has 10 heavy (non-hydrogen) atoms. The Morgan fingerprint density at radius 3 is 2.90 bits per heavy atom. The van der Waals surface area contributed by atoms with E-state index in [1.165, 1.54) is 0 Å². The first kappa shape index (κ1) is 8.13. The first-order valence-corrected chi connectivity index (χ1v) is 4.37. The highest BCUT2D eigenvalue weighted by molar-refractivity contribution is 14.1. The summed E-state index contributed by atoms with van der Waals surface area (Å²) in [6.07, 6.45) is 2.33. The van der Waals surface area contributed by atoms with E-state index in [9.17, 15) is 4.79 Å². The van der Waals surface area contributed by atoms with Crippen molar-refractivity contribution in [3.8, 4) is 0 Å². The van der Waals surface area contributed by atoms with E-state index in [0.29, 0.717) is 5.56 Å². The molecular formula is C6H3BrINO. The minimum atomic E-state index is 0.629. The SMILES string of the molecule is O=Cc1cnc(Br)cc1I. The van der Waals surface area contributed by atoms with Gasteiger partial charge in [0.25, 0.3) is 0 Å². The van der Waals surface area contributed by atoms with Crippen LogP contribution in [-0.4, -0.2) is 11.3 Å². The zero-order valence-electron chi connectivity index (χ0n) is 4.84. The van der Waals surface area contributed by atoms with Crippen molar-refractivity contribution in [2.45, 2.75) is 0 Å². The minimum absolute atomic E-state index is 0.629. The smallest absolute Gasteiger partial charge is 0.152 e. The highest BCUT2D eigenvalue weighted by atomic mass is 127. The number of carbonyl (C=O) groups excluding carboxylic acids is 1. The Labute approximate surface area is 80.3 Å². The van der Waals surface area contributed by atoms with Crippen molar-refractivity contribution in [1.82, 2.24) is 4.98 Å². The van der Waals surface area contributed by atoms with E-state index in [4.69, 9.17) is 0 Å². The van der Waals surface area contributed by atoms with Gasteiger partial charge < -0.3 is 0 Å². The van der Waals surface area contributed by atoms with Crippen LogP contribution in [0.25, 0.3) is 0 Å². The molecule has 2 nitrogen and oxygen atoms in total. The van der Waals surface area contributed by atoms with Gasteiger partial charge in [-0.05, 0) is 44.6 Å². The maximum Gasteiger partial charge on any atom is 0.152 e. The second-order valence-electron chi connectivity index (χ2n) is 1.65. The number of rotatable bonds is 1. The van der Waals surface area contributed by atoms with Crippen molar-refractivity contribution in [3.05, 3.63) is 26.0 Å². The van der Waals surface area contributed by atoms with E-state index in [0.717, 1.165) is 14.5 Å². The molecule has 0 aliphatic rings. The lowest BCUT2D eigenvalue weighted by atomic mass is 10.3. The number of pyridine rings is 1. The summed E-state index contributed by atoms with van der Waals surface area (Å²) in [6, 6.07) is 1.80. The molecule has 0 spiro atoms. The van der Waals surface area contributed by atoms with Gasteiger partial charge in [0.15, 0.2) is 6.29 Å². The van der Waals surface area contributed by atoms with Crippen molar-refractivity contribution in [2.24, 2.45) is 0 Å². The number of hydrogen-bond donors (Lipinski definition) is 0. The molecule has 1 aromatic rings. The molecule has 1 rings (SSSR count). The number of carbonyl (C=O) groups is 1.